The van der Waals surface area contributed by atoms with Crippen LogP contribution in [0.2, 0.25) is 0 Å². The summed E-state index contributed by atoms with van der Waals surface area (Å²) in [5, 5.41) is 6.69. The molecule has 23 heavy (non-hydrogen) atoms. The zero-order valence-electron chi connectivity index (χ0n) is 14.7. The monoisotopic (exact) mass is 335 g/mol. The molecule has 5 heteroatoms. The Morgan fingerprint density at radius 3 is 2.70 bits per heavy atom. The number of rotatable bonds is 5. The van der Waals surface area contributed by atoms with E-state index in [-0.39, 0.29) is 12.1 Å². The van der Waals surface area contributed by atoms with E-state index >= 15 is 0 Å². The third-order valence-electron chi connectivity index (χ3n) is 4.41. The molecule has 2 amide bonds. The molecule has 1 heterocycles. The molecule has 1 aromatic rings. The van der Waals surface area contributed by atoms with E-state index in [1.807, 2.05) is 24.8 Å². The molecule has 128 valence electrons. The molecule has 0 aliphatic carbocycles. The molecule has 0 spiro atoms. The van der Waals surface area contributed by atoms with Gasteiger partial charge in [-0.15, -0.1) is 11.8 Å². The Morgan fingerprint density at radius 1 is 1.39 bits per heavy atom. The van der Waals surface area contributed by atoms with Crippen LogP contribution in [0.1, 0.15) is 38.7 Å². The van der Waals surface area contributed by atoms with Crippen LogP contribution in [0.3, 0.4) is 0 Å². The Labute approximate surface area is 144 Å². The quantitative estimate of drug-likeness (QED) is 0.796. The summed E-state index contributed by atoms with van der Waals surface area (Å²) in [6.07, 6.45) is 3.20. The third-order valence-corrected chi connectivity index (χ3v) is 5.67. The molecule has 1 fully saturated rings. The number of nitrogens with zero attached hydrogens (tertiary/aromatic N) is 1. The van der Waals surface area contributed by atoms with Gasteiger partial charge in [-0.1, -0.05) is 13.8 Å². The second-order valence-electron chi connectivity index (χ2n) is 6.49. The lowest BCUT2D eigenvalue weighted by Gasteiger charge is -2.29. The molecule has 1 aliphatic rings. The number of hydrogen-bond donors (Lipinski definition) is 2. The van der Waals surface area contributed by atoms with Crippen LogP contribution in [-0.4, -0.2) is 42.4 Å². The average Bonchev–Trinajstić information content (AvgIpc) is 2.52. The Bertz CT molecular complexity index is 527. The van der Waals surface area contributed by atoms with E-state index in [2.05, 4.69) is 48.6 Å². The molecule has 0 unspecified atom stereocenters. The fraction of sp³-hybridized carbons (Fsp3) is 0.611. The van der Waals surface area contributed by atoms with Crippen molar-refractivity contribution in [3.05, 3.63) is 23.8 Å². The number of urea groups is 1. The Balaban J connectivity index is 1.88. The highest BCUT2D eigenvalue weighted by molar-refractivity contribution is 7.99. The first kappa shape index (κ1) is 18.1. The van der Waals surface area contributed by atoms with Crippen LogP contribution in [0.5, 0.6) is 0 Å². The molecule has 1 saturated heterocycles. The van der Waals surface area contributed by atoms with Crippen molar-refractivity contribution in [2.24, 2.45) is 0 Å². The largest absolute Gasteiger partial charge is 0.335 e. The molecule has 0 radical (unpaired) electrons. The summed E-state index contributed by atoms with van der Waals surface area (Å²) in [7, 11) is 2.12. The number of hydrogen-bond acceptors (Lipinski definition) is 3. The van der Waals surface area contributed by atoms with Crippen LogP contribution >= 0.6 is 11.8 Å². The second kappa shape index (κ2) is 8.60. The van der Waals surface area contributed by atoms with Gasteiger partial charge in [0.2, 0.25) is 0 Å². The zero-order valence-corrected chi connectivity index (χ0v) is 15.5. The Morgan fingerprint density at radius 2 is 2.09 bits per heavy atom. The third kappa shape index (κ3) is 5.74. The molecule has 2 N–H and O–H groups in total. The first-order valence-electron chi connectivity index (χ1n) is 8.51. The summed E-state index contributed by atoms with van der Waals surface area (Å²) in [6.45, 7) is 8.58. The van der Waals surface area contributed by atoms with Gasteiger partial charge in [0.1, 0.15) is 0 Å². The molecular formula is C18H29N3OS. The molecular weight excluding hydrogens is 306 g/mol. The maximum Gasteiger partial charge on any atom is 0.319 e. The summed E-state index contributed by atoms with van der Waals surface area (Å²) in [5.41, 5.74) is 2.00. The maximum atomic E-state index is 12.2. The molecule has 1 atom stereocenters. The predicted molar refractivity (Wildman–Crippen MR) is 99.5 cm³/mol. The SMILES string of the molecule is CC[C@@H](C)Sc1ccc(NC(=O)NC2CCN(C)CC2)c(C)c1. The van der Waals surface area contributed by atoms with Crippen molar-refractivity contribution in [3.8, 4) is 0 Å². The minimum absolute atomic E-state index is 0.0926. The van der Waals surface area contributed by atoms with Crippen molar-refractivity contribution >= 4 is 23.5 Å². The molecule has 2 rings (SSSR count). The molecule has 4 nitrogen and oxygen atoms in total. The average molecular weight is 336 g/mol. The van der Waals surface area contributed by atoms with Gasteiger partial charge in [0.15, 0.2) is 0 Å². The second-order valence-corrected chi connectivity index (χ2v) is 8.00. The summed E-state index contributed by atoms with van der Waals surface area (Å²) in [4.78, 5) is 15.7. The van der Waals surface area contributed by atoms with Gasteiger partial charge in [-0.25, -0.2) is 4.79 Å². The van der Waals surface area contributed by atoms with Gasteiger partial charge in [-0.05, 0) is 70.1 Å². The first-order chi connectivity index (χ1) is 11.0. The lowest BCUT2D eigenvalue weighted by Crippen LogP contribution is -2.44. The van der Waals surface area contributed by atoms with E-state index in [1.54, 1.807) is 0 Å². The van der Waals surface area contributed by atoms with Gasteiger partial charge in [0, 0.05) is 21.9 Å². The van der Waals surface area contributed by atoms with Crippen LogP contribution in [0, 0.1) is 6.92 Å². The maximum absolute atomic E-state index is 12.2. The highest BCUT2D eigenvalue weighted by atomic mass is 32.2. The van der Waals surface area contributed by atoms with Gasteiger partial charge in [0.25, 0.3) is 0 Å². The number of carbonyl (C=O) groups is 1. The first-order valence-corrected chi connectivity index (χ1v) is 9.39. The van der Waals surface area contributed by atoms with Crippen LogP contribution in [0.4, 0.5) is 10.5 Å². The van der Waals surface area contributed by atoms with Crippen molar-refractivity contribution in [1.82, 2.24) is 10.2 Å². The van der Waals surface area contributed by atoms with E-state index in [4.69, 9.17) is 0 Å². The predicted octanol–water partition coefficient (Wildman–Crippen LogP) is 4.10. The van der Waals surface area contributed by atoms with E-state index in [9.17, 15) is 4.79 Å². The number of piperidine rings is 1. The lowest BCUT2D eigenvalue weighted by molar-refractivity contribution is 0.221. The van der Waals surface area contributed by atoms with Crippen molar-refractivity contribution in [1.29, 1.82) is 0 Å². The number of thioether (sulfide) groups is 1. The van der Waals surface area contributed by atoms with E-state index in [1.165, 1.54) is 4.90 Å². The van der Waals surface area contributed by atoms with Crippen molar-refractivity contribution in [3.63, 3.8) is 0 Å². The summed E-state index contributed by atoms with van der Waals surface area (Å²) in [6, 6.07) is 6.45. The molecule has 0 aromatic heterocycles. The fourth-order valence-corrected chi connectivity index (χ4v) is 3.68. The standard InChI is InChI=1S/C18H29N3OS/c1-5-14(3)23-16-6-7-17(13(2)12-16)20-18(22)19-15-8-10-21(4)11-9-15/h6-7,12,14-15H,5,8-11H2,1-4H3,(H2,19,20,22)/t14-/m1/s1. The number of likely N-dealkylation sites (tertiary alicyclic amines) is 1. The minimum Gasteiger partial charge on any atom is -0.335 e. The number of carbonyl (C=O) groups excluding carboxylic acids is 1. The van der Waals surface area contributed by atoms with Gasteiger partial charge >= 0.3 is 6.03 Å². The highest BCUT2D eigenvalue weighted by Gasteiger charge is 2.18. The van der Waals surface area contributed by atoms with Gasteiger partial charge < -0.3 is 15.5 Å². The topological polar surface area (TPSA) is 44.4 Å². The van der Waals surface area contributed by atoms with Crippen LogP contribution in [0.15, 0.2) is 23.1 Å². The zero-order chi connectivity index (χ0) is 16.8. The normalized spacial score (nSPS) is 17.7. The number of amides is 2. The van der Waals surface area contributed by atoms with Gasteiger partial charge in [0.05, 0.1) is 0 Å². The molecule has 0 saturated carbocycles. The molecule has 0 bridgehead atoms. The lowest BCUT2D eigenvalue weighted by atomic mass is 10.1. The van der Waals surface area contributed by atoms with Gasteiger partial charge in [-0.2, -0.15) is 0 Å². The molecule has 1 aromatic carbocycles. The summed E-state index contributed by atoms with van der Waals surface area (Å²) < 4.78 is 0. The Kier molecular flexibility index (Phi) is 6.78. The van der Waals surface area contributed by atoms with Gasteiger partial charge in [-0.3, -0.25) is 0 Å². The van der Waals surface area contributed by atoms with Crippen LogP contribution in [0.25, 0.3) is 0 Å². The minimum atomic E-state index is -0.0926. The number of nitrogens with one attached hydrogen (secondary N) is 2. The smallest absolute Gasteiger partial charge is 0.319 e. The number of anilines is 1. The number of aryl methyl sites for hydroxylation is 1. The fourth-order valence-electron chi connectivity index (χ4n) is 2.66. The Hall–Kier alpha value is -1.20. The van der Waals surface area contributed by atoms with Crippen molar-refractivity contribution in [2.45, 2.75) is 56.2 Å². The van der Waals surface area contributed by atoms with E-state index in [0.29, 0.717) is 5.25 Å². The van der Waals surface area contributed by atoms with Crippen LogP contribution < -0.4 is 10.6 Å². The number of benzene rings is 1. The van der Waals surface area contributed by atoms with Crippen molar-refractivity contribution < 1.29 is 4.79 Å². The van der Waals surface area contributed by atoms with E-state index < -0.39 is 0 Å². The summed E-state index contributed by atoms with van der Waals surface area (Å²) >= 11 is 1.88. The van der Waals surface area contributed by atoms with Crippen LogP contribution in [-0.2, 0) is 0 Å². The highest BCUT2D eigenvalue weighted by Crippen LogP contribution is 2.28. The van der Waals surface area contributed by atoms with E-state index in [0.717, 1.165) is 43.6 Å². The van der Waals surface area contributed by atoms with Crippen molar-refractivity contribution in [2.75, 3.05) is 25.5 Å². The summed E-state index contributed by atoms with van der Waals surface area (Å²) in [5.74, 6) is 0. The molecule has 1 aliphatic heterocycles.